The Morgan fingerprint density at radius 3 is 2.43 bits per heavy atom. The van der Waals surface area contributed by atoms with Gasteiger partial charge in [-0.2, -0.15) is 4.98 Å². The number of nitrogens with one attached hydrogen (secondary N) is 2. The smallest absolute Gasteiger partial charge is 0.229 e. The Bertz CT molecular complexity index is 1830. The lowest BCUT2D eigenvalue weighted by Gasteiger charge is -2.42. The minimum absolute atomic E-state index is 0.339. The number of piperidine rings is 1. The molecule has 0 spiro atoms. The predicted molar refractivity (Wildman–Crippen MR) is 190 cm³/mol. The number of nitrogens with zero attached hydrogens (tertiary/aromatic N) is 7. The van der Waals surface area contributed by atoms with Crippen LogP contribution in [0, 0.1) is 12.3 Å². The summed E-state index contributed by atoms with van der Waals surface area (Å²) < 4.78 is 19.9. The second kappa shape index (κ2) is 13.5. The van der Waals surface area contributed by atoms with Crippen LogP contribution in [-0.2, 0) is 4.57 Å². The number of ether oxygens (including phenoxy) is 1. The number of fused-ring (bicyclic) bond motifs is 1. The first-order chi connectivity index (χ1) is 22.1. The Morgan fingerprint density at radius 1 is 1.00 bits per heavy atom. The maximum atomic E-state index is 13.4. The zero-order valence-corrected chi connectivity index (χ0v) is 29.1. The van der Waals surface area contributed by atoms with Crippen molar-refractivity contribution in [3.05, 3.63) is 52.9 Å². The number of methoxy groups -OCH3 is 1. The third-order valence-corrected chi connectivity index (χ3v) is 10.8. The molecular formula is C33H39BrN9O2P. The van der Waals surface area contributed by atoms with Gasteiger partial charge in [0.15, 0.2) is 0 Å². The highest BCUT2D eigenvalue weighted by Crippen LogP contribution is 2.41. The second-order valence-corrected chi connectivity index (χ2v) is 16.2. The van der Waals surface area contributed by atoms with Crippen LogP contribution in [0.1, 0.15) is 18.4 Å². The fourth-order valence-corrected chi connectivity index (χ4v) is 7.99. The SMILES string of the molecule is C#Cc1cc(Nc2ncc(Br)c(Nc3ccc4nccnc4c3P(C)(C)=O)n2)c(OC)cc1N1CCC(N2CCN(C)CC2)CC1. The van der Waals surface area contributed by atoms with Crippen molar-refractivity contribution in [2.75, 3.05) is 82.3 Å². The summed E-state index contributed by atoms with van der Waals surface area (Å²) in [6.07, 6.45) is 13.1. The van der Waals surface area contributed by atoms with Crippen molar-refractivity contribution in [3.63, 3.8) is 0 Å². The number of rotatable bonds is 8. The lowest BCUT2D eigenvalue weighted by Crippen LogP contribution is -2.52. The van der Waals surface area contributed by atoms with Crippen LogP contribution < -0.4 is 25.6 Å². The highest BCUT2D eigenvalue weighted by molar-refractivity contribution is 9.10. The third kappa shape index (κ3) is 6.83. The van der Waals surface area contributed by atoms with Gasteiger partial charge in [0, 0.05) is 75.5 Å². The highest BCUT2D eigenvalue weighted by atomic mass is 79.9. The Balaban J connectivity index is 1.23. The summed E-state index contributed by atoms with van der Waals surface area (Å²) in [6.45, 7) is 9.86. The van der Waals surface area contributed by atoms with E-state index in [1.54, 1.807) is 39.0 Å². The van der Waals surface area contributed by atoms with Crippen molar-refractivity contribution in [3.8, 4) is 18.1 Å². The summed E-state index contributed by atoms with van der Waals surface area (Å²) in [5.41, 5.74) is 4.35. The van der Waals surface area contributed by atoms with Gasteiger partial charge in [0.05, 0.1) is 39.5 Å². The molecule has 4 aromatic rings. The van der Waals surface area contributed by atoms with Gasteiger partial charge in [-0.3, -0.25) is 14.9 Å². The molecule has 0 atom stereocenters. The van der Waals surface area contributed by atoms with E-state index in [1.807, 2.05) is 24.3 Å². The van der Waals surface area contributed by atoms with E-state index in [4.69, 9.17) is 16.1 Å². The molecule has 0 unspecified atom stereocenters. The maximum Gasteiger partial charge on any atom is 0.229 e. The molecule has 13 heteroatoms. The molecule has 2 fully saturated rings. The van der Waals surface area contributed by atoms with Gasteiger partial charge in [-0.1, -0.05) is 5.92 Å². The van der Waals surface area contributed by atoms with Gasteiger partial charge in [0.2, 0.25) is 5.95 Å². The van der Waals surface area contributed by atoms with Crippen molar-refractivity contribution in [2.45, 2.75) is 18.9 Å². The van der Waals surface area contributed by atoms with Crippen LogP contribution in [0.15, 0.2) is 47.3 Å². The third-order valence-electron chi connectivity index (χ3n) is 8.73. The Hall–Kier alpha value is -3.75. The van der Waals surface area contributed by atoms with E-state index in [-0.39, 0.29) is 0 Å². The molecule has 2 aromatic carbocycles. The van der Waals surface area contributed by atoms with Crippen LogP contribution in [0.5, 0.6) is 5.75 Å². The van der Waals surface area contributed by atoms with Gasteiger partial charge in [0.1, 0.15) is 24.2 Å². The largest absolute Gasteiger partial charge is 0.494 e. The Labute approximate surface area is 278 Å². The first-order valence-electron chi connectivity index (χ1n) is 15.4. The molecular weight excluding hydrogens is 665 g/mol. The topological polar surface area (TPSA) is 112 Å². The van der Waals surface area contributed by atoms with Crippen molar-refractivity contribution in [1.29, 1.82) is 0 Å². The van der Waals surface area contributed by atoms with Crippen LogP contribution in [0.25, 0.3) is 11.0 Å². The van der Waals surface area contributed by atoms with E-state index >= 15 is 0 Å². The molecule has 240 valence electrons. The number of halogens is 1. The second-order valence-electron chi connectivity index (χ2n) is 12.1. The van der Waals surface area contributed by atoms with E-state index in [0.29, 0.717) is 55.7 Å². The van der Waals surface area contributed by atoms with E-state index in [1.165, 1.54) is 0 Å². The molecule has 46 heavy (non-hydrogen) atoms. The summed E-state index contributed by atoms with van der Waals surface area (Å²) in [7, 11) is 1.09. The van der Waals surface area contributed by atoms with Gasteiger partial charge in [-0.15, -0.1) is 6.42 Å². The molecule has 2 aromatic heterocycles. The number of terminal acetylenes is 1. The Morgan fingerprint density at radius 2 is 1.74 bits per heavy atom. The summed E-state index contributed by atoms with van der Waals surface area (Å²) in [5, 5.41) is 7.26. The van der Waals surface area contributed by atoms with Crippen molar-refractivity contribution >= 4 is 68.2 Å². The molecule has 0 saturated carbocycles. The summed E-state index contributed by atoms with van der Waals surface area (Å²) in [6, 6.07) is 8.24. The maximum absolute atomic E-state index is 13.4. The van der Waals surface area contributed by atoms with Crippen molar-refractivity contribution in [1.82, 2.24) is 29.7 Å². The number of anilines is 5. The molecule has 0 radical (unpaired) electrons. The fourth-order valence-electron chi connectivity index (χ4n) is 6.30. The van der Waals surface area contributed by atoms with Crippen molar-refractivity contribution < 1.29 is 9.30 Å². The molecule has 2 saturated heterocycles. The van der Waals surface area contributed by atoms with Crippen LogP contribution in [0.2, 0.25) is 0 Å². The quantitative estimate of drug-likeness (QED) is 0.188. The molecule has 6 rings (SSSR count). The molecule has 11 nitrogen and oxygen atoms in total. The van der Waals surface area contributed by atoms with Gasteiger partial charge < -0.3 is 29.7 Å². The normalized spacial score (nSPS) is 16.7. The average Bonchev–Trinajstić information content (AvgIpc) is 3.06. The zero-order valence-electron chi connectivity index (χ0n) is 26.6. The van der Waals surface area contributed by atoms with Crippen LogP contribution in [0.4, 0.5) is 28.8 Å². The van der Waals surface area contributed by atoms with Gasteiger partial charge in [-0.05, 0) is 67.3 Å². The molecule has 2 aliphatic rings. The molecule has 0 amide bonds. The van der Waals surface area contributed by atoms with Gasteiger partial charge in [-0.25, -0.2) is 4.98 Å². The van der Waals surface area contributed by atoms with Crippen LogP contribution in [-0.4, -0.2) is 103 Å². The van der Waals surface area contributed by atoms with E-state index in [2.05, 4.69) is 69.2 Å². The number of aromatic nitrogens is 4. The van der Waals surface area contributed by atoms with E-state index in [9.17, 15) is 4.57 Å². The lowest BCUT2D eigenvalue weighted by molar-refractivity contribution is 0.0982. The highest BCUT2D eigenvalue weighted by Gasteiger charge is 2.28. The predicted octanol–water partition coefficient (Wildman–Crippen LogP) is 5.12. The average molecular weight is 705 g/mol. The van der Waals surface area contributed by atoms with Crippen LogP contribution >= 0.6 is 23.1 Å². The summed E-state index contributed by atoms with van der Waals surface area (Å²) in [5.74, 6) is 4.36. The number of hydrogen-bond donors (Lipinski definition) is 2. The molecule has 4 heterocycles. The minimum Gasteiger partial charge on any atom is -0.494 e. The number of hydrogen-bond acceptors (Lipinski definition) is 11. The molecule has 2 N–H and O–H groups in total. The first kappa shape index (κ1) is 32.2. The number of benzene rings is 2. The first-order valence-corrected chi connectivity index (χ1v) is 18.8. The zero-order chi connectivity index (χ0) is 32.4. The van der Waals surface area contributed by atoms with Crippen LogP contribution in [0.3, 0.4) is 0 Å². The van der Waals surface area contributed by atoms with Gasteiger partial charge >= 0.3 is 0 Å². The molecule has 0 aliphatic carbocycles. The van der Waals surface area contributed by atoms with E-state index < -0.39 is 7.14 Å². The fraction of sp³-hybridized carbons (Fsp3) is 0.394. The molecule has 2 aliphatic heterocycles. The van der Waals surface area contributed by atoms with Crippen molar-refractivity contribution in [2.24, 2.45) is 0 Å². The lowest BCUT2D eigenvalue weighted by atomic mass is 10.00. The monoisotopic (exact) mass is 703 g/mol. The van der Waals surface area contributed by atoms with Gasteiger partial charge in [0.25, 0.3) is 0 Å². The summed E-state index contributed by atoms with van der Waals surface area (Å²) in [4.78, 5) is 25.5. The standard InChI is InChI=1S/C33H39BrN9O2P/c1-6-22-19-27(29(45-3)20-28(22)43-13-9-23(10-14-43)42-17-15-41(2)16-18-42)39-33-37-21-24(34)32(40-33)38-26-8-7-25-30(36-12-11-35-25)31(26)46(4,5)44/h1,7-8,11-12,19-21,23H,9-10,13-18H2,2-5H3,(H2,37,38,39,40). The summed E-state index contributed by atoms with van der Waals surface area (Å²) >= 11 is 3.56. The number of piperazine rings is 1. The molecule has 0 bridgehead atoms. The Kier molecular flexibility index (Phi) is 9.48. The minimum atomic E-state index is -2.75. The number of likely N-dealkylation sites (N-methyl/N-ethyl adjacent to an activating group) is 1. The van der Waals surface area contributed by atoms with E-state index in [0.717, 1.165) is 63.4 Å².